The van der Waals surface area contributed by atoms with E-state index in [9.17, 15) is 14.4 Å². The molecule has 0 saturated carbocycles. The Morgan fingerprint density at radius 2 is 1.81 bits per heavy atom. The van der Waals surface area contributed by atoms with E-state index in [2.05, 4.69) is 12.2 Å². The van der Waals surface area contributed by atoms with Gasteiger partial charge in [0.05, 0.1) is 0 Å². The van der Waals surface area contributed by atoms with Crippen molar-refractivity contribution in [2.45, 2.75) is 71.9 Å². The minimum Gasteiger partial charge on any atom is -0.352 e. The van der Waals surface area contributed by atoms with Gasteiger partial charge >= 0.3 is 6.03 Å². The van der Waals surface area contributed by atoms with Crippen molar-refractivity contribution in [1.82, 2.24) is 10.2 Å². The van der Waals surface area contributed by atoms with Crippen LogP contribution in [0.1, 0.15) is 58.4 Å². The average Bonchev–Trinajstić information content (AvgIpc) is 2.83. The van der Waals surface area contributed by atoms with Crippen LogP contribution < -0.4 is 10.2 Å². The van der Waals surface area contributed by atoms with Crippen molar-refractivity contribution in [2.24, 2.45) is 0 Å². The van der Waals surface area contributed by atoms with Crippen LogP contribution in [0.5, 0.6) is 0 Å². The molecule has 1 N–H and O–H groups in total. The highest BCUT2D eigenvalue weighted by atomic mass is 16.2. The van der Waals surface area contributed by atoms with E-state index in [1.165, 1.54) is 17.7 Å². The Kier molecular flexibility index (Phi) is 7.39. The molecule has 27 heavy (non-hydrogen) atoms. The van der Waals surface area contributed by atoms with E-state index >= 15 is 0 Å². The van der Waals surface area contributed by atoms with Crippen molar-refractivity contribution < 1.29 is 14.4 Å². The van der Waals surface area contributed by atoms with Crippen LogP contribution in [0.25, 0.3) is 0 Å². The maximum atomic E-state index is 12.7. The van der Waals surface area contributed by atoms with E-state index in [0.717, 1.165) is 29.7 Å². The molecule has 0 radical (unpaired) electrons. The van der Waals surface area contributed by atoms with Crippen molar-refractivity contribution in [3.63, 3.8) is 0 Å². The maximum Gasteiger partial charge on any atom is 0.332 e. The molecule has 1 aromatic carbocycles. The van der Waals surface area contributed by atoms with Gasteiger partial charge < -0.3 is 5.32 Å². The fourth-order valence-corrected chi connectivity index (χ4v) is 3.32. The number of nitrogens with zero attached hydrogens (tertiary/aromatic N) is 2. The summed E-state index contributed by atoms with van der Waals surface area (Å²) in [6, 6.07) is 6.41. The number of nitrogens with one attached hydrogen (secondary N) is 1. The summed E-state index contributed by atoms with van der Waals surface area (Å²) < 4.78 is 0. The van der Waals surface area contributed by atoms with Gasteiger partial charge in [0.1, 0.15) is 12.6 Å². The predicted molar refractivity (Wildman–Crippen MR) is 107 cm³/mol. The van der Waals surface area contributed by atoms with Gasteiger partial charge in [0.25, 0.3) is 5.91 Å². The number of hydrogen-bond donors (Lipinski definition) is 1. The molecule has 1 aromatic rings. The summed E-state index contributed by atoms with van der Waals surface area (Å²) in [5, 5.41) is 2.90. The Hall–Kier alpha value is -2.37. The summed E-state index contributed by atoms with van der Waals surface area (Å²) in [4.78, 5) is 40.0. The van der Waals surface area contributed by atoms with E-state index in [1.54, 1.807) is 6.92 Å². The SMILES string of the molecule is CCCCCC[C@@H](C)NC(=O)CN1C(=O)[C@@H](C)N(c2ccc(C)cc2)C1=O. The lowest BCUT2D eigenvalue weighted by atomic mass is 10.1. The van der Waals surface area contributed by atoms with E-state index in [-0.39, 0.29) is 24.4 Å². The van der Waals surface area contributed by atoms with Crippen LogP contribution in [0, 0.1) is 6.92 Å². The number of aryl methyl sites for hydroxylation is 1. The zero-order chi connectivity index (χ0) is 20.0. The third-order valence-electron chi connectivity index (χ3n) is 4.96. The highest BCUT2D eigenvalue weighted by molar-refractivity contribution is 6.15. The molecular formula is C21H31N3O3. The Balaban J connectivity index is 1.94. The highest BCUT2D eigenvalue weighted by Gasteiger charge is 2.44. The van der Waals surface area contributed by atoms with Gasteiger partial charge in [-0.25, -0.2) is 4.79 Å². The zero-order valence-electron chi connectivity index (χ0n) is 16.8. The van der Waals surface area contributed by atoms with Crippen molar-refractivity contribution in [3.8, 4) is 0 Å². The third kappa shape index (κ3) is 5.31. The summed E-state index contributed by atoms with van der Waals surface area (Å²) in [6.45, 7) is 7.54. The topological polar surface area (TPSA) is 69.7 Å². The second-order valence-electron chi connectivity index (χ2n) is 7.41. The number of amides is 4. The van der Waals surface area contributed by atoms with Crippen LogP contribution in [0.4, 0.5) is 10.5 Å². The fourth-order valence-electron chi connectivity index (χ4n) is 3.32. The number of rotatable bonds is 9. The minimum atomic E-state index is -0.612. The van der Waals surface area contributed by atoms with Gasteiger partial charge in [-0.3, -0.25) is 19.4 Å². The first kappa shape index (κ1) is 20.9. The molecule has 2 atom stereocenters. The lowest BCUT2D eigenvalue weighted by Gasteiger charge is -2.20. The Morgan fingerprint density at radius 3 is 2.44 bits per heavy atom. The van der Waals surface area contributed by atoms with Crippen molar-refractivity contribution >= 4 is 23.5 Å². The van der Waals surface area contributed by atoms with Crippen molar-refractivity contribution in [3.05, 3.63) is 29.8 Å². The summed E-state index contributed by atoms with van der Waals surface area (Å²) in [5.41, 5.74) is 1.74. The largest absolute Gasteiger partial charge is 0.352 e. The Labute approximate surface area is 161 Å². The maximum absolute atomic E-state index is 12.7. The Bertz CT molecular complexity index is 672. The zero-order valence-corrected chi connectivity index (χ0v) is 16.8. The van der Waals surface area contributed by atoms with E-state index < -0.39 is 12.1 Å². The Morgan fingerprint density at radius 1 is 1.15 bits per heavy atom. The second kappa shape index (κ2) is 9.53. The molecule has 1 heterocycles. The molecule has 148 valence electrons. The molecule has 4 amide bonds. The molecule has 0 aliphatic carbocycles. The van der Waals surface area contributed by atoms with Crippen LogP contribution in [-0.4, -0.2) is 41.4 Å². The molecule has 6 nitrogen and oxygen atoms in total. The van der Waals surface area contributed by atoms with Crippen LogP contribution in [-0.2, 0) is 9.59 Å². The van der Waals surface area contributed by atoms with Crippen molar-refractivity contribution in [2.75, 3.05) is 11.4 Å². The number of anilines is 1. The molecule has 1 aliphatic rings. The van der Waals surface area contributed by atoms with Gasteiger partial charge in [-0.05, 0) is 39.3 Å². The van der Waals surface area contributed by atoms with Crippen LogP contribution >= 0.6 is 0 Å². The van der Waals surface area contributed by atoms with Crippen LogP contribution in [0.3, 0.4) is 0 Å². The molecule has 2 rings (SSSR count). The first-order valence-electron chi connectivity index (χ1n) is 9.85. The second-order valence-corrected chi connectivity index (χ2v) is 7.41. The number of benzene rings is 1. The molecule has 0 unspecified atom stereocenters. The summed E-state index contributed by atoms with van der Waals surface area (Å²) in [6.07, 6.45) is 5.50. The van der Waals surface area contributed by atoms with E-state index in [4.69, 9.17) is 0 Å². The average molecular weight is 373 g/mol. The first-order chi connectivity index (χ1) is 12.8. The van der Waals surface area contributed by atoms with Gasteiger partial charge in [-0.1, -0.05) is 50.3 Å². The highest BCUT2D eigenvalue weighted by Crippen LogP contribution is 2.25. The van der Waals surface area contributed by atoms with Gasteiger partial charge in [-0.15, -0.1) is 0 Å². The third-order valence-corrected chi connectivity index (χ3v) is 4.96. The predicted octanol–water partition coefficient (Wildman–Crippen LogP) is 3.63. The number of hydrogen-bond acceptors (Lipinski definition) is 3. The smallest absolute Gasteiger partial charge is 0.332 e. The molecule has 6 heteroatoms. The molecule has 0 spiro atoms. The first-order valence-corrected chi connectivity index (χ1v) is 9.85. The van der Waals surface area contributed by atoms with Gasteiger partial charge in [-0.2, -0.15) is 0 Å². The number of imide groups is 1. The lowest BCUT2D eigenvalue weighted by molar-refractivity contribution is -0.132. The molecule has 1 aliphatic heterocycles. The van der Waals surface area contributed by atoms with Gasteiger partial charge in [0, 0.05) is 11.7 Å². The van der Waals surface area contributed by atoms with Crippen molar-refractivity contribution in [1.29, 1.82) is 0 Å². The molecule has 0 bridgehead atoms. The van der Waals surface area contributed by atoms with E-state index in [1.807, 2.05) is 38.1 Å². The number of unbranched alkanes of at least 4 members (excludes halogenated alkanes) is 3. The summed E-state index contributed by atoms with van der Waals surface area (Å²) in [7, 11) is 0. The number of urea groups is 1. The minimum absolute atomic E-state index is 0.0350. The van der Waals surface area contributed by atoms with Crippen LogP contribution in [0.15, 0.2) is 24.3 Å². The molecule has 0 aromatic heterocycles. The van der Waals surface area contributed by atoms with Gasteiger partial charge in [0.15, 0.2) is 0 Å². The molecule has 1 saturated heterocycles. The monoisotopic (exact) mass is 373 g/mol. The normalized spacial score (nSPS) is 18.1. The molecular weight excluding hydrogens is 342 g/mol. The summed E-state index contributed by atoms with van der Waals surface area (Å²) in [5.74, 6) is -0.635. The fraction of sp³-hybridized carbons (Fsp3) is 0.571. The number of carbonyl (C=O) groups excluding carboxylic acids is 3. The van der Waals surface area contributed by atoms with Crippen LogP contribution in [0.2, 0.25) is 0 Å². The number of carbonyl (C=O) groups is 3. The lowest BCUT2D eigenvalue weighted by Crippen LogP contribution is -2.44. The quantitative estimate of drug-likeness (QED) is 0.531. The van der Waals surface area contributed by atoms with E-state index in [0.29, 0.717) is 5.69 Å². The molecule has 1 fully saturated rings. The van der Waals surface area contributed by atoms with Gasteiger partial charge in [0.2, 0.25) is 5.91 Å². The standard InChI is InChI=1S/C21H31N3O3/c1-5-6-7-8-9-16(3)22-19(25)14-23-20(26)17(4)24(21(23)27)18-12-10-15(2)11-13-18/h10-13,16-17H,5-9,14H2,1-4H3,(H,22,25)/t16-,17-/m1/s1. The summed E-state index contributed by atoms with van der Waals surface area (Å²) >= 11 is 0.